The summed E-state index contributed by atoms with van der Waals surface area (Å²) in [6, 6.07) is 19.0. The number of halogens is 1. The van der Waals surface area contributed by atoms with Gasteiger partial charge in [0.2, 0.25) is 0 Å². The van der Waals surface area contributed by atoms with Crippen molar-refractivity contribution in [2.24, 2.45) is 0 Å². The lowest BCUT2D eigenvalue weighted by Crippen LogP contribution is -2.31. The predicted octanol–water partition coefficient (Wildman–Crippen LogP) is 5.76. The second-order valence-electron chi connectivity index (χ2n) is 9.35. The molecule has 34 heavy (non-hydrogen) atoms. The molecule has 1 amide bonds. The van der Waals surface area contributed by atoms with Gasteiger partial charge in [0.15, 0.2) is 0 Å². The fourth-order valence-corrected chi connectivity index (χ4v) is 4.99. The number of pyridine rings is 1. The Morgan fingerprint density at radius 3 is 2.38 bits per heavy atom. The average Bonchev–Trinajstić information content (AvgIpc) is 3.45. The van der Waals surface area contributed by atoms with Crippen molar-refractivity contribution in [3.63, 3.8) is 0 Å². The summed E-state index contributed by atoms with van der Waals surface area (Å²) < 4.78 is 0. The van der Waals surface area contributed by atoms with Gasteiger partial charge in [-0.15, -0.1) is 0 Å². The molecule has 1 aliphatic carbocycles. The number of nitrogens with two attached hydrogens (primary N) is 1. The summed E-state index contributed by atoms with van der Waals surface area (Å²) in [7, 11) is 0. The average molecular weight is 473 g/mol. The summed E-state index contributed by atoms with van der Waals surface area (Å²) >= 11 is 6.05. The van der Waals surface area contributed by atoms with E-state index in [1.54, 1.807) is 36.4 Å². The number of para-hydroxylation sites is 1. The highest BCUT2D eigenvalue weighted by Gasteiger charge is 2.45. The van der Waals surface area contributed by atoms with E-state index in [9.17, 15) is 4.79 Å². The molecule has 5 nitrogen and oxygen atoms in total. The highest BCUT2D eigenvalue weighted by Crippen LogP contribution is 2.49. The number of carbonyl (C=O) groups excluding carboxylic acids is 1. The second-order valence-corrected chi connectivity index (χ2v) is 9.79. The molecule has 2 N–H and O–H groups in total. The van der Waals surface area contributed by atoms with Crippen molar-refractivity contribution in [1.82, 2.24) is 9.88 Å². The Hall–Kier alpha value is -3.15. The van der Waals surface area contributed by atoms with Crippen LogP contribution in [-0.2, 0) is 5.41 Å². The molecule has 1 saturated carbocycles. The molecular weight excluding hydrogens is 444 g/mol. The van der Waals surface area contributed by atoms with Gasteiger partial charge in [-0.05, 0) is 74.2 Å². The number of anilines is 2. The van der Waals surface area contributed by atoms with Gasteiger partial charge in [-0.1, -0.05) is 54.6 Å². The molecule has 0 radical (unpaired) electrons. The maximum absolute atomic E-state index is 13.6. The molecule has 6 heteroatoms. The molecule has 2 aliphatic rings. The van der Waals surface area contributed by atoms with E-state index in [-0.39, 0.29) is 11.3 Å². The molecule has 2 fully saturated rings. The third-order valence-corrected chi connectivity index (χ3v) is 7.24. The Morgan fingerprint density at radius 2 is 1.76 bits per heavy atom. The topological polar surface area (TPSA) is 62.5 Å². The van der Waals surface area contributed by atoms with Crippen molar-refractivity contribution < 1.29 is 4.79 Å². The van der Waals surface area contributed by atoms with Crippen molar-refractivity contribution in [2.75, 3.05) is 30.3 Å². The number of hydrogen-bond donors (Lipinski definition) is 1. The molecule has 2 heterocycles. The SMILES string of the molecule is C=C(c1ccc(C2(CN3CCCC3)CC2)cc1)N(C(=O)c1ccccc1N)c1ccc(Cl)cn1. The van der Waals surface area contributed by atoms with Gasteiger partial charge in [-0.2, -0.15) is 0 Å². The van der Waals surface area contributed by atoms with Gasteiger partial charge in [-0.25, -0.2) is 4.98 Å². The van der Waals surface area contributed by atoms with Crippen LogP contribution in [0, 0.1) is 0 Å². The first-order valence-corrected chi connectivity index (χ1v) is 12.2. The number of amides is 1. The molecule has 1 saturated heterocycles. The third kappa shape index (κ3) is 4.46. The first-order chi connectivity index (χ1) is 16.5. The van der Waals surface area contributed by atoms with Crippen LogP contribution in [0.4, 0.5) is 11.5 Å². The van der Waals surface area contributed by atoms with Crippen LogP contribution in [0.2, 0.25) is 5.02 Å². The minimum Gasteiger partial charge on any atom is -0.398 e. The van der Waals surface area contributed by atoms with Gasteiger partial charge in [0, 0.05) is 23.8 Å². The van der Waals surface area contributed by atoms with Gasteiger partial charge in [0.25, 0.3) is 5.91 Å². The Kier molecular flexibility index (Phi) is 6.15. The zero-order chi connectivity index (χ0) is 23.7. The van der Waals surface area contributed by atoms with Gasteiger partial charge in [-0.3, -0.25) is 9.69 Å². The summed E-state index contributed by atoms with van der Waals surface area (Å²) in [5.74, 6) is 0.161. The molecule has 2 aromatic carbocycles. The third-order valence-electron chi connectivity index (χ3n) is 7.01. The molecule has 5 rings (SSSR count). The van der Waals surface area contributed by atoms with Crippen molar-refractivity contribution in [3.8, 4) is 0 Å². The number of hydrogen-bond acceptors (Lipinski definition) is 4. The van der Waals surface area contributed by atoms with Crippen molar-refractivity contribution >= 4 is 34.7 Å². The Labute approximate surface area is 205 Å². The maximum atomic E-state index is 13.6. The number of carbonyl (C=O) groups is 1. The Bertz CT molecular complexity index is 1200. The smallest absolute Gasteiger partial charge is 0.266 e. The zero-order valence-corrected chi connectivity index (χ0v) is 20.0. The molecule has 0 unspecified atom stereocenters. The van der Waals surface area contributed by atoms with Crippen LogP contribution in [0.3, 0.4) is 0 Å². The first kappa shape index (κ1) is 22.6. The first-order valence-electron chi connectivity index (χ1n) is 11.8. The molecule has 174 valence electrons. The number of likely N-dealkylation sites (tertiary alicyclic amines) is 1. The van der Waals surface area contributed by atoms with Gasteiger partial charge < -0.3 is 10.6 Å². The fraction of sp³-hybridized carbons (Fsp3) is 0.286. The van der Waals surface area contributed by atoms with Crippen molar-refractivity contribution in [1.29, 1.82) is 0 Å². The van der Waals surface area contributed by atoms with Crippen LogP contribution in [0.25, 0.3) is 5.70 Å². The van der Waals surface area contributed by atoms with Crippen molar-refractivity contribution in [3.05, 3.63) is 95.2 Å². The van der Waals surface area contributed by atoms with Gasteiger partial charge >= 0.3 is 0 Å². The fourth-order valence-electron chi connectivity index (χ4n) is 4.88. The number of benzene rings is 2. The molecule has 3 aromatic rings. The molecule has 1 aliphatic heterocycles. The number of nitrogen functional groups attached to an aromatic ring is 1. The highest BCUT2D eigenvalue weighted by atomic mass is 35.5. The van der Waals surface area contributed by atoms with Crippen LogP contribution < -0.4 is 10.6 Å². The molecule has 0 bridgehead atoms. The van der Waals surface area contributed by atoms with E-state index < -0.39 is 0 Å². The van der Waals surface area contributed by atoms with Crippen LogP contribution in [0.5, 0.6) is 0 Å². The van der Waals surface area contributed by atoms with E-state index in [4.69, 9.17) is 17.3 Å². The lowest BCUT2D eigenvalue weighted by Gasteiger charge is -2.26. The molecular formula is C28H29ClN4O. The van der Waals surface area contributed by atoms with Crippen LogP contribution in [0.15, 0.2) is 73.4 Å². The summed E-state index contributed by atoms with van der Waals surface area (Å²) in [6.45, 7) is 7.84. The standard InChI is InChI=1S/C28H29ClN4O/c1-20(21-8-10-22(11-9-21)28(14-15-28)19-32-16-4-5-17-32)33(26-13-12-23(29)18-31-26)27(34)24-6-2-3-7-25(24)30/h2-3,6-13,18H,1,4-5,14-17,19,30H2. The van der Waals surface area contributed by atoms with Crippen LogP contribution >= 0.6 is 11.6 Å². The van der Waals surface area contributed by atoms with E-state index in [1.165, 1.54) is 55.4 Å². The van der Waals surface area contributed by atoms with E-state index in [0.29, 0.717) is 27.8 Å². The monoisotopic (exact) mass is 472 g/mol. The quantitative estimate of drug-likeness (QED) is 0.444. The number of nitrogens with zero attached hydrogens (tertiary/aromatic N) is 3. The second kappa shape index (κ2) is 9.24. The predicted molar refractivity (Wildman–Crippen MR) is 139 cm³/mol. The van der Waals surface area contributed by atoms with Gasteiger partial charge in [0.05, 0.1) is 16.3 Å². The number of aromatic nitrogens is 1. The minimum absolute atomic E-state index is 0.274. The zero-order valence-electron chi connectivity index (χ0n) is 19.2. The van der Waals surface area contributed by atoms with Gasteiger partial charge in [0.1, 0.15) is 5.82 Å². The summed E-state index contributed by atoms with van der Waals surface area (Å²) in [5, 5.41) is 0.498. The summed E-state index contributed by atoms with van der Waals surface area (Å²) in [6.07, 6.45) is 6.61. The Balaban J connectivity index is 1.44. The van der Waals surface area contributed by atoms with E-state index in [2.05, 4.69) is 40.7 Å². The largest absolute Gasteiger partial charge is 0.398 e. The lowest BCUT2D eigenvalue weighted by atomic mass is 9.94. The van der Waals surface area contributed by atoms with E-state index in [1.807, 2.05) is 0 Å². The summed E-state index contributed by atoms with van der Waals surface area (Å²) in [4.78, 5) is 22.1. The molecule has 1 aromatic heterocycles. The molecule has 0 atom stereocenters. The summed E-state index contributed by atoms with van der Waals surface area (Å²) in [5.41, 5.74) is 9.97. The minimum atomic E-state index is -0.283. The van der Waals surface area contributed by atoms with E-state index in [0.717, 1.165) is 12.1 Å². The normalized spacial score (nSPS) is 16.9. The van der Waals surface area contributed by atoms with Crippen LogP contribution in [0.1, 0.15) is 47.2 Å². The highest BCUT2D eigenvalue weighted by molar-refractivity contribution is 6.30. The van der Waals surface area contributed by atoms with Crippen molar-refractivity contribution in [2.45, 2.75) is 31.1 Å². The maximum Gasteiger partial charge on any atom is 0.266 e. The Morgan fingerprint density at radius 1 is 1.06 bits per heavy atom. The molecule has 0 spiro atoms. The lowest BCUT2D eigenvalue weighted by molar-refractivity contribution is 0.100. The van der Waals surface area contributed by atoms with Crippen LogP contribution in [-0.4, -0.2) is 35.4 Å². The number of rotatable bonds is 7. The van der Waals surface area contributed by atoms with E-state index >= 15 is 0 Å².